The van der Waals surface area contributed by atoms with Crippen LogP contribution in [0.25, 0.3) is 32.6 Å². The van der Waals surface area contributed by atoms with Crippen molar-refractivity contribution in [3.05, 3.63) is 64.5 Å². The molecule has 0 saturated heterocycles. The summed E-state index contributed by atoms with van der Waals surface area (Å²) in [6, 6.07) is 11.0. The predicted octanol–water partition coefficient (Wildman–Crippen LogP) is 6.06. The van der Waals surface area contributed by atoms with E-state index in [0.717, 1.165) is 27.0 Å². The van der Waals surface area contributed by atoms with Crippen LogP contribution in [-0.2, 0) is 0 Å². The van der Waals surface area contributed by atoms with Crippen LogP contribution in [-0.4, -0.2) is 9.97 Å². The Hall–Kier alpha value is -2.17. The SMILES string of the molecule is Cc1ccc(-c2ccnc3[nH]cc(-c4cccc(F)c4Cl)c23)s1. The molecular weight excluding hydrogens is 331 g/mol. The van der Waals surface area contributed by atoms with Gasteiger partial charge in [-0.1, -0.05) is 23.7 Å². The summed E-state index contributed by atoms with van der Waals surface area (Å²) in [5.41, 5.74) is 3.37. The fourth-order valence-electron chi connectivity index (χ4n) is 2.77. The molecule has 23 heavy (non-hydrogen) atoms. The van der Waals surface area contributed by atoms with Gasteiger partial charge in [-0.25, -0.2) is 9.37 Å². The van der Waals surface area contributed by atoms with Crippen molar-refractivity contribution in [1.29, 1.82) is 0 Å². The zero-order valence-electron chi connectivity index (χ0n) is 12.2. The van der Waals surface area contributed by atoms with E-state index in [1.165, 1.54) is 10.9 Å². The number of hydrogen-bond donors (Lipinski definition) is 1. The van der Waals surface area contributed by atoms with Crippen LogP contribution < -0.4 is 0 Å². The molecule has 5 heteroatoms. The summed E-state index contributed by atoms with van der Waals surface area (Å²) in [6.07, 6.45) is 3.61. The monoisotopic (exact) mass is 342 g/mol. The van der Waals surface area contributed by atoms with Crippen molar-refractivity contribution in [2.75, 3.05) is 0 Å². The molecule has 0 aliphatic heterocycles. The quantitative estimate of drug-likeness (QED) is 0.471. The molecule has 1 N–H and O–H groups in total. The number of pyridine rings is 1. The summed E-state index contributed by atoms with van der Waals surface area (Å²) in [7, 11) is 0. The fourth-order valence-corrected chi connectivity index (χ4v) is 3.89. The van der Waals surface area contributed by atoms with Gasteiger partial charge in [-0.15, -0.1) is 11.3 Å². The smallest absolute Gasteiger partial charge is 0.142 e. The Balaban J connectivity index is 2.04. The van der Waals surface area contributed by atoms with E-state index in [9.17, 15) is 4.39 Å². The van der Waals surface area contributed by atoms with E-state index in [2.05, 4.69) is 29.0 Å². The lowest BCUT2D eigenvalue weighted by atomic mass is 10.0. The minimum atomic E-state index is -0.420. The predicted molar refractivity (Wildman–Crippen MR) is 94.5 cm³/mol. The van der Waals surface area contributed by atoms with Crippen LogP contribution in [0.2, 0.25) is 5.02 Å². The van der Waals surface area contributed by atoms with E-state index in [4.69, 9.17) is 11.6 Å². The van der Waals surface area contributed by atoms with Crippen molar-refractivity contribution >= 4 is 34.0 Å². The Bertz CT molecular complexity index is 1020. The van der Waals surface area contributed by atoms with Gasteiger partial charge in [0.25, 0.3) is 0 Å². The van der Waals surface area contributed by atoms with Gasteiger partial charge in [0.1, 0.15) is 11.5 Å². The standard InChI is InChI=1S/C18H12ClFN2S/c1-10-5-6-15(23-10)12-7-8-21-18-16(12)13(9-22-18)11-3-2-4-14(20)17(11)19/h2-9H,1H3,(H,21,22). The molecule has 0 bridgehead atoms. The van der Waals surface area contributed by atoms with Gasteiger partial charge in [-0.3, -0.25) is 0 Å². The Labute approximate surface area is 141 Å². The minimum Gasteiger partial charge on any atom is -0.345 e. The van der Waals surface area contributed by atoms with E-state index in [1.54, 1.807) is 23.6 Å². The van der Waals surface area contributed by atoms with Gasteiger partial charge < -0.3 is 4.98 Å². The van der Waals surface area contributed by atoms with Crippen LogP contribution in [0.15, 0.2) is 48.8 Å². The van der Waals surface area contributed by atoms with Crippen LogP contribution in [0.5, 0.6) is 0 Å². The van der Waals surface area contributed by atoms with Crippen molar-refractivity contribution in [3.63, 3.8) is 0 Å². The van der Waals surface area contributed by atoms with E-state index in [0.29, 0.717) is 5.56 Å². The van der Waals surface area contributed by atoms with Crippen molar-refractivity contribution in [1.82, 2.24) is 9.97 Å². The number of rotatable bonds is 2. The molecule has 0 amide bonds. The van der Waals surface area contributed by atoms with E-state index < -0.39 is 5.82 Å². The van der Waals surface area contributed by atoms with Gasteiger partial charge in [-0.05, 0) is 31.2 Å². The summed E-state index contributed by atoms with van der Waals surface area (Å²) in [4.78, 5) is 9.94. The number of aromatic nitrogens is 2. The van der Waals surface area contributed by atoms with E-state index in [-0.39, 0.29) is 5.02 Å². The summed E-state index contributed by atoms with van der Waals surface area (Å²) in [6.45, 7) is 2.08. The van der Waals surface area contributed by atoms with Gasteiger partial charge >= 0.3 is 0 Å². The third kappa shape index (κ3) is 2.35. The molecule has 0 saturated carbocycles. The minimum absolute atomic E-state index is 0.130. The van der Waals surface area contributed by atoms with Crippen LogP contribution in [0, 0.1) is 12.7 Å². The maximum absolute atomic E-state index is 13.8. The first-order valence-corrected chi connectivity index (χ1v) is 8.32. The summed E-state index contributed by atoms with van der Waals surface area (Å²) >= 11 is 7.90. The molecule has 4 rings (SSSR count). The summed E-state index contributed by atoms with van der Waals surface area (Å²) < 4.78 is 13.8. The molecule has 2 nitrogen and oxygen atoms in total. The van der Waals surface area contributed by atoms with E-state index >= 15 is 0 Å². The Morgan fingerprint density at radius 1 is 1.09 bits per heavy atom. The lowest BCUT2D eigenvalue weighted by Gasteiger charge is -2.06. The number of H-pyrrole nitrogens is 1. The lowest BCUT2D eigenvalue weighted by molar-refractivity contribution is 0.629. The maximum atomic E-state index is 13.8. The number of nitrogens with one attached hydrogen (secondary N) is 1. The first-order valence-electron chi connectivity index (χ1n) is 7.12. The Kier molecular flexibility index (Phi) is 3.43. The average molecular weight is 343 g/mol. The number of benzene rings is 1. The molecule has 3 aromatic heterocycles. The van der Waals surface area contributed by atoms with Crippen molar-refractivity contribution < 1.29 is 4.39 Å². The molecule has 1 aromatic carbocycles. The third-order valence-corrected chi connectivity index (χ3v) is 5.24. The van der Waals surface area contributed by atoms with Crippen LogP contribution in [0.3, 0.4) is 0 Å². The zero-order valence-corrected chi connectivity index (χ0v) is 13.8. The molecule has 0 fully saturated rings. The average Bonchev–Trinajstić information content (AvgIpc) is 3.16. The number of aryl methyl sites for hydroxylation is 1. The largest absolute Gasteiger partial charge is 0.345 e. The van der Waals surface area contributed by atoms with Crippen LogP contribution in [0.1, 0.15) is 4.88 Å². The number of fused-ring (bicyclic) bond motifs is 1. The number of thiophene rings is 1. The first kappa shape index (κ1) is 14.4. The molecule has 0 aliphatic carbocycles. The second-order valence-corrected chi connectivity index (χ2v) is 6.96. The second-order valence-electron chi connectivity index (χ2n) is 5.30. The molecule has 0 radical (unpaired) electrons. The second kappa shape index (κ2) is 5.48. The molecule has 4 aromatic rings. The first-order chi connectivity index (χ1) is 11.1. The third-order valence-electron chi connectivity index (χ3n) is 3.82. The van der Waals surface area contributed by atoms with Crippen LogP contribution in [0.4, 0.5) is 4.39 Å². The highest BCUT2D eigenvalue weighted by molar-refractivity contribution is 7.15. The van der Waals surface area contributed by atoms with Crippen molar-refractivity contribution in [2.45, 2.75) is 6.92 Å². The molecule has 3 heterocycles. The maximum Gasteiger partial charge on any atom is 0.142 e. The zero-order chi connectivity index (χ0) is 16.0. The summed E-state index contributed by atoms with van der Waals surface area (Å²) in [5, 5.41) is 1.09. The van der Waals surface area contributed by atoms with Gasteiger partial charge in [0.2, 0.25) is 0 Å². The van der Waals surface area contributed by atoms with Gasteiger partial charge in [0.15, 0.2) is 0 Å². The molecule has 0 atom stereocenters. The molecule has 0 aliphatic rings. The van der Waals surface area contributed by atoms with Gasteiger partial charge in [-0.2, -0.15) is 0 Å². The van der Waals surface area contributed by atoms with Crippen molar-refractivity contribution in [2.24, 2.45) is 0 Å². The normalized spacial score (nSPS) is 11.3. The topological polar surface area (TPSA) is 28.7 Å². The highest BCUT2D eigenvalue weighted by Crippen LogP contribution is 2.40. The number of aromatic amines is 1. The van der Waals surface area contributed by atoms with Gasteiger partial charge in [0, 0.05) is 44.2 Å². The van der Waals surface area contributed by atoms with Gasteiger partial charge in [0.05, 0.1) is 5.02 Å². The Morgan fingerprint density at radius 2 is 1.96 bits per heavy atom. The number of nitrogens with zero attached hydrogens (tertiary/aromatic N) is 1. The highest BCUT2D eigenvalue weighted by atomic mass is 35.5. The molecular formula is C18H12ClFN2S. The molecule has 0 unspecified atom stereocenters. The lowest BCUT2D eigenvalue weighted by Crippen LogP contribution is -1.85. The van der Waals surface area contributed by atoms with Crippen molar-refractivity contribution in [3.8, 4) is 21.6 Å². The molecule has 114 valence electrons. The summed E-state index contributed by atoms with van der Waals surface area (Å²) in [5.74, 6) is -0.420. The van der Waals surface area contributed by atoms with E-state index in [1.807, 2.05) is 18.3 Å². The number of hydrogen-bond acceptors (Lipinski definition) is 2. The highest BCUT2D eigenvalue weighted by Gasteiger charge is 2.16. The number of halogens is 2. The Morgan fingerprint density at radius 3 is 2.74 bits per heavy atom. The van der Waals surface area contributed by atoms with Crippen LogP contribution >= 0.6 is 22.9 Å². The molecule has 0 spiro atoms. The fraction of sp³-hybridized carbons (Fsp3) is 0.0556.